The summed E-state index contributed by atoms with van der Waals surface area (Å²) in [5, 5.41) is 4.81. The minimum absolute atomic E-state index is 0.387. The van der Waals surface area contributed by atoms with E-state index >= 15 is 0 Å². The first-order valence-electron chi connectivity index (χ1n) is 7.03. The first-order valence-corrected chi connectivity index (χ1v) is 7.84. The van der Waals surface area contributed by atoms with E-state index in [1.807, 2.05) is 6.20 Å². The van der Waals surface area contributed by atoms with Crippen LogP contribution in [0, 0.1) is 6.92 Å². The molecule has 1 aromatic rings. The van der Waals surface area contributed by atoms with Gasteiger partial charge in [-0.25, -0.2) is 4.98 Å². The maximum atomic E-state index is 4.44. The number of nitrogens with one attached hydrogen (secondary N) is 1. The Morgan fingerprint density at radius 3 is 3.06 bits per heavy atom. The number of hydrogen-bond acceptors (Lipinski definition) is 4. The van der Waals surface area contributed by atoms with E-state index in [-0.39, 0.29) is 0 Å². The zero-order valence-electron chi connectivity index (χ0n) is 11.8. The van der Waals surface area contributed by atoms with Gasteiger partial charge < -0.3 is 10.2 Å². The Hall–Kier alpha value is -0.450. The third kappa shape index (κ3) is 3.77. The molecule has 2 heterocycles. The lowest BCUT2D eigenvalue weighted by Crippen LogP contribution is -2.38. The second kappa shape index (κ2) is 6.64. The fourth-order valence-corrected chi connectivity index (χ4v) is 3.44. The molecule has 0 amide bonds. The van der Waals surface area contributed by atoms with E-state index in [4.69, 9.17) is 0 Å². The summed E-state index contributed by atoms with van der Waals surface area (Å²) in [5.74, 6) is 0. The van der Waals surface area contributed by atoms with E-state index in [9.17, 15) is 0 Å². The Morgan fingerprint density at radius 2 is 2.39 bits per heavy atom. The first kappa shape index (κ1) is 14.0. The van der Waals surface area contributed by atoms with Crippen LogP contribution >= 0.6 is 11.3 Å². The molecule has 0 aliphatic carbocycles. The van der Waals surface area contributed by atoms with Gasteiger partial charge in [-0.1, -0.05) is 6.42 Å². The smallest absolute Gasteiger partial charge is 0.109 e. The van der Waals surface area contributed by atoms with E-state index in [0.29, 0.717) is 6.04 Å². The van der Waals surface area contributed by atoms with Crippen molar-refractivity contribution in [3.05, 3.63) is 16.1 Å². The zero-order chi connectivity index (χ0) is 13.0. The topological polar surface area (TPSA) is 28.2 Å². The van der Waals surface area contributed by atoms with Crippen molar-refractivity contribution >= 4 is 11.3 Å². The van der Waals surface area contributed by atoms with Crippen molar-refractivity contribution in [2.45, 2.75) is 51.6 Å². The van der Waals surface area contributed by atoms with Crippen LogP contribution in [0.4, 0.5) is 0 Å². The van der Waals surface area contributed by atoms with Crippen molar-refractivity contribution in [2.24, 2.45) is 0 Å². The predicted octanol–water partition coefficient (Wildman–Crippen LogP) is 2.98. The van der Waals surface area contributed by atoms with Crippen LogP contribution < -0.4 is 5.32 Å². The maximum Gasteiger partial charge on any atom is 0.109 e. The van der Waals surface area contributed by atoms with Gasteiger partial charge in [-0.2, -0.15) is 0 Å². The zero-order valence-corrected chi connectivity index (χ0v) is 12.6. The van der Waals surface area contributed by atoms with Gasteiger partial charge in [0.15, 0.2) is 0 Å². The molecule has 3 nitrogen and oxygen atoms in total. The standard InChI is InChI=1S/C14H25N3S/c1-11-10-16-14(18-11)12(2)15-8-7-13-6-4-5-9-17(13)3/h10,12-13,15H,4-9H2,1-3H3. The van der Waals surface area contributed by atoms with Crippen molar-refractivity contribution in [1.82, 2.24) is 15.2 Å². The van der Waals surface area contributed by atoms with Gasteiger partial charge in [-0.15, -0.1) is 11.3 Å². The molecule has 2 rings (SSSR count). The number of rotatable bonds is 5. The van der Waals surface area contributed by atoms with Crippen molar-refractivity contribution in [3.63, 3.8) is 0 Å². The third-order valence-corrected chi connectivity index (χ3v) is 4.95. The molecule has 18 heavy (non-hydrogen) atoms. The second-order valence-electron chi connectivity index (χ2n) is 5.40. The highest BCUT2D eigenvalue weighted by atomic mass is 32.1. The molecule has 0 saturated carbocycles. The van der Waals surface area contributed by atoms with Crippen LogP contribution in [0.3, 0.4) is 0 Å². The van der Waals surface area contributed by atoms with Crippen molar-refractivity contribution in [3.8, 4) is 0 Å². The van der Waals surface area contributed by atoms with Crippen LogP contribution in [0.2, 0.25) is 0 Å². The Kier molecular flexibility index (Phi) is 5.15. The molecule has 1 N–H and O–H groups in total. The molecule has 4 heteroatoms. The number of nitrogens with zero attached hydrogens (tertiary/aromatic N) is 2. The lowest BCUT2D eigenvalue weighted by molar-refractivity contribution is 0.174. The molecule has 0 bridgehead atoms. The van der Waals surface area contributed by atoms with Gasteiger partial charge in [0.2, 0.25) is 0 Å². The molecular weight excluding hydrogens is 242 g/mol. The highest BCUT2D eigenvalue weighted by Gasteiger charge is 2.18. The lowest BCUT2D eigenvalue weighted by atomic mass is 10.00. The quantitative estimate of drug-likeness (QED) is 0.889. The van der Waals surface area contributed by atoms with E-state index in [1.165, 1.54) is 42.1 Å². The predicted molar refractivity (Wildman–Crippen MR) is 78.2 cm³/mol. The van der Waals surface area contributed by atoms with Crippen LogP contribution in [-0.2, 0) is 0 Å². The van der Waals surface area contributed by atoms with E-state index in [1.54, 1.807) is 11.3 Å². The Bertz CT molecular complexity index is 364. The van der Waals surface area contributed by atoms with Gasteiger partial charge >= 0.3 is 0 Å². The molecule has 0 radical (unpaired) electrons. The fraction of sp³-hybridized carbons (Fsp3) is 0.786. The summed E-state index contributed by atoms with van der Waals surface area (Å²) in [6.45, 7) is 6.69. The number of aromatic nitrogens is 1. The van der Waals surface area contributed by atoms with E-state index < -0.39 is 0 Å². The molecule has 1 aliphatic rings. The molecule has 2 unspecified atom stereocenters. The van der Waals surface area contributed by atoms with Gasteiger partial charge in [0.25, 0.3) is 0 Å². The molecule has 1 saturated heterocycles. The summed E-state index contributed by atoms with van der Waals surface area (Å²) in [6, 6.07) is 1.16. The average Bonchev–Trinajstić information content (AvgIpc) is 2.78. The summed E-state index contributed by atoms with van der Waals surface area (Å²) >= 11 is 1.80. The van der Waals surface area contributed by atoms with Crippen molar-refractivity contribution in [1.29, 1.82) is 0 Å². The molecule has 102 valence electrons. The normalized spacial score (nSPS) is 23.2. The monoisotopic (exact) mass is 267 g/mol. The molecule has 2 atom stereocenters. The number of piperidine rings is 1. The summed E-state index contributed by atoms with van der Waals surface area (Å²) in [7, 11) is 2.26. The van der Waals surface area contributed by atoms with Crippen molar-refractivity contribution in [2.75, 3.05) is 20.1 Å². The van der Waals surface area contributed by atoms with Gasteiger partial charge in [-0.05, 0) is 53.2 Å². The minimum atomic E-state index is 0.387. The largest absolute Gasteiger partial charge is 0.308 e. The minimum Gasteiger partial charge on any atom is -0.308 e. The van der Waals surface area contributed by atoms with Crippen LogP contribution in [-0.4, -0.2) is 36.1 Å². The fourth-order valence-electron chi connectivity index (χ4n) is 2.63. The van der Waals surface area contributed by atoms with Gasteiger partial charge in [-0.3, -0.25) is 0 Å². The van der Waals surface area contributed by atoms with Crippen LogP contribution in [0.5, 0.6) is 0 Å². The van der Waals surface area contributed by atoms with Gasteiger partial charge in [0.1, 0.15) is 5.01 Å². The second-order valence-corrected chi connectivity index (χ2v) is 6.67. The van der Waals surface area contributed by atoms with E-state index in [2.05, 4.69) is 36.1 Å². The van der Waals surface area contributed by atoms with Gasteiger partial charge in [0.05, 0.1) is 6.04 Å². The maximum absolute atomic E-state index is 4.44. The van der Waals surface area contributed by atoms with Gasteiger partial charge in [0, 0.05) is 17.1 Å². The summed E-state index contributed by atoms with van der Waals surface area (Å²) in [6.07, 6.45) is 7.35. The average molecular weight is 267 g/mol. The van der Waals surface area contributed by atoms with E-state index in [0.717, 1.165) is 12.6 Å². The molecule has 1 fully saturated rings. The summed E-state index contributed by atoms with van der Waals surface area (Å²) in [5.41, 5.74) is 0. The highest BCUT2D eigenvalue weighted by molar-refractivity contribution is 7.11. The summed E-state index contributed by atoms with van der Waals surface area (Å²) < 4.78 is 0. The summed E-state index contributed by atoms with van der Waals surface area (Å²) in [4.78, 5) is 8.26. The Morgan fingerprint density at radius 1 is 1.56 bits per heavy atom. The lowest BCUT2D eigenvalue weighted by Gasteiger charge is -2.32. The highest BCUT2D eigenvalue weighted by Crippen LogP contribution is 2.20. The molecular formula is C14H25N3S. The number of aryl methyl sites for hydroxylation is 1. The SMILES string of the molecule is Cc1cnc(C(C)NCCC2CCCCN2C)s1. The van der Waals surface area contributed by atoms with Crippen LogP contribution in [0.25, 0.3) is 0 Å². The molecule has 0 aromatic carbocycles. The number of thiazole rings is 1. The third-order valence-electron chi connectivity index (χ3n) is 3.86. The number of likely N-dealkylation sites (tertiary alicyclic amines) is 1. The molecule has 1 aliphatic heterocycles. The van der Waals surface area contributed by atoms with Crippen LogP contribution in [0.1, 0.15) is 48.5 Å². The first-order chi connectivity index (χ1) is 8.66. The van der Waals surface area contributed by atoms with Crippen LogP contribution in [0.15, 0.2) is 6.20 Å². The Balaban J connectivity index is 1.71. The number of hydrogen-bond donors (Lipinski definition) is 1. The Labute approximate surface area is 115 Å². The molecule has 1 aromatic heterocycles. The molecule has 0 spiro atoms. The van der Waals surface area contributed by atoms with Crippen molar-refractivity contribution < 1.29 is 0 Å².